The molecule has 0 atom stereocenters. The molecule has 0 N–H and O–H groups in total. The number of para-hydroxylation sites is 1. The number of hydrogen-bond acceptors (Lipinski definition) is 1. The first-order valence-corrected chi connectivity index (χ1v) is 21.6. The Morgan fingerprint density at radius 3 is 1.52 bits per heavy atom. The van der Waals surface area contributed by atoms with Crippen LogP contribution in [0, 0.1) is 0 Å². The van der Waals surface area contributed by atoms with E-state index >= 15 is 0 Å². The Balaban J connectivity index is 0.933. The van der Waals surface area contributed by atoms with E-state index in [0.717, 1.165) is 11.2 Å². The summed E-state index contributed by atoms with van der Waals surface area (Å²) in [5.41, 5.74) is 20.1. The van der Waals surface area contributed by atoms with Crippen LogP contribution in [-0.4, -0.2) is 0 Å². The minimum atomic E-state index is -0.145. The third-order valence-electron chi connectivity index (χ3n) is 14.4. The maximum atomic E-state index is 6.30. The Morgan fingerprint density at radius 1 is 0.295 bits per heavy atom. The highest BCUT2D eigenvalue weighted by Crippen LogP contribution is 2.55. The van der Waals surface area contributed by atoms with Crippen LogP contribution < -0.4 is 0 Å². The van der Waals surface area contributed by atoms with Crippen molar-refractivity contribution in [2.75, 3.05) is 0 Å². The van der Waals surface area contributed by atoms with Gasteiger partial charge in [-0.3, -0.25) is 0 Å². The standard InChI is InChI=1S/C60H42O/c1-59(2)50-28-25-39(57-44-19-10-8-17-42(44)56(35-14-6-5-7-15-35)43-18-9-11-20-45(43)57)30-48(50)40-26-22-36(31-52(40)59)37-23-27-46-53(32-37)60(3,4)51-29-24-38-33-55-49(34-47(38)58(46)51)41-16-12-13-21-54(41)61-55/h5-34H,1-4H3. The molecule has 0 fully saturated rings. The zero-order chi connectivity index (χ0) is 40.8. The van der Waals surface area contributed by atoms with Crippen molar-refractivity contribution in [2.24, 2.45) is 0 Å². The van der Waals surface area contributed by atoms with Gasteiger partial charge in [-0.1, -0.05) is 173 Å². The summed E-state index contributed by atoms with van der Waals surface area (Å²) >= 11 is 0. The van der Waals surface area contributed by atoms with E-state index in [1.165, 1.54) is 121 Å². The normalized spacial score (nSPS) is 14.5. The largest absolute Gasteiger partial charge is 0.456 e. The Hall–Kier alpha value is -7.22. The maximum Gasteiger partial charge on any atom is 0.136 e. The zero-order valence-electron chi connectivity index (χ0n) is 34.7. The van der Waals surface area contributed by atoms with E-state index in [2.05, 4.69) is 204 Å². The molecule has 1 heterocycles. The fourth-order valence-corrected chi connectivity index (χ4v) is 11.4. The van der Waals surface area contributed by atoms with Crippen molar-refractivity contribution in [3.05, 3.63) is 204 Å². The summed E-state index contributed by atoms with van der Waals surface area (Å²) in [5, 5.41) is 9.99. The van der Waals surface area contributed by atoms with E-state index in [0.29, 0.717) is 0 Å². The van der Waals surface area contributed by atoms with Crippen molar-refractivity contribution in [3.63, 3.8) is 0 Å². The van der Waals surface area contributed by atoms with Crippen molar-refractivity contribution in [3.8, 4) is 55.6 Å². The number of hydrogen-bond donors (Lipinski definition) is 0. The van der Waals surface area contributed by atoms with Gasteiger partial charge in [-0.05, 0) is 147 Å². The van der Waals surface area contributed by atoms with E-state index in [9.17, 15) is 0 Å². The third-order valence-corrected chi connectivity index (χ3v) is 14.4. The van der Waals surface area contributed by atoms with E-state index in [4.69, 9.17) is 4.42 Å². The molecule has 0 spiro atoms. The first-order chi connectivity index (χ1) is 29.8. The molecule has 0 bridgehead atoms. The van der Waals surface area contributed by atoms with E-state index < -0.39 is 0 Å². The average Bonchev–Trinajstić information content (AvgIpc) is 3.85. The van der Waals surface area contributed by atoms with Crippen molar-refractivity contribution in [1.29, 1.82) is 0 Å². The smallest absolute Gasteiger partial charge is 0.136 e. The maximum absolute atomic E-state index is 6.30. The van der Waals surface area contributed by atoms with Crippen LogP contribution in [0.3, 0.4) is 0 Å². The molecule has 61 heavy (non-hydrogen) atoms. The Labute approximate surface area is 355 Å². The van der Waals surface area contributed by atoms with Gasteiger partial charge in [0.2, 0.25) is 0 Å². The van der Waals surface area contributed by atoms with Gasteiger partial charge < -0.3 is 4.42 Å². The summed E-state index contributed by atoms with van der Waals surface area (Å²) in [5.74, 6) is 0. The Kier molecular flexibility index (Phi) is 6.91. The molecule has 0 aliphatic heterocycles. The summed E-state index contributed by atoms with van der Waals surface area (Å²) in [6.07, 6.45) is 0. The molecule has 1 heteroatoms. The lowest BCUT2D eigenvalue weighted by Gasteiger charge is -2.23. The van der Waals surface area contributed by atoms with Crippen LogP contribution in [0.1, 0.15) is 49.9 Å². The molecule has 11 aromatic rings. The first kappa shape index (κ1) is 34.6. The van der Waals surface area contributed by atoms with Gasteiger partial charge in [0.05, 0.1) is 0 Å². The fourth-order valence-electron chi connectivity index (χ4n) is 11.4. The Bertz CT molecular complexity index is 3630. The first-order valence-electron chi connectivity index (χ1n) is 21.6. The van der Waals surface area contributed by atoms with Gasteiger partial charge in [0, 0.05) is 21.6 Å². The number of rotatable bonds is 3. The molecule has 10 aromatic carbocycles. The lowest BCUT2D eigenvalue weighted by Crippen LogP contribution is -2.15. The van der Waals surface area contributed by atoms with Crippen LogP contribution in [0.25, 0.3) is 110 Å². The van der Waals surface area contributed by atoms with Crippen molar-refractivity contribution >= 4 is 54.3 Å². The van der Waals surface area contributed by atoms with Gasteiger partial charge in [0.25, 0.3) is 0 Å². The second-order valence-corrected chi connectivity index (χ2v) is 18.4. The van der Waals surface area contributed by atoms with Crippen LogP contribution >= 0.6 is 0 Å². The molecule has 0 saturated heterocycles. The number of benzene rings is 10. The van der Waals surface area contributed by atoms with Gasteiger partial charge in [-0.25, -0.2) is 0 Å². The summed E-state index contributed by atoms with van der Waals surface area (Å²) in [4.78, 5) is 0. The predicted octanol–water partition coefficient (Wildman–Crippen LogP) is 16.7. The highest BCUT2D eigenvalue weighted by Gasteiger charge is 2.38. The van der Waals surface area contributed by atoms with E-state index in [-0.39, 0.29) is 10.8 Å². The second kappa shape index (κ2) is 12.2. The minimum Gasteiger partial charge on any atom is -0.456 e. The molecule has 0 radical (unpaired) electrons. The molecule has 1 nitrogen and oxygen atoms in total. The van der Waals surface area contributed by atoms with Crippen molar-refractivity contribution < 1.29 is 4.42 Å². The molecule has 2 aliphatic rings. The molecule has 288 valence electrons. The van der Waals surface area contributed by atoms with Crippen LogP contribution in [0.15, 0.2) is 186 Å². The van der Waals surface area contributed by atoms with Gasteiger partial charge >= 0.3 is 0 Å². The lowest BCUT2D eigenvalue weighted by atomic mass is 9.80. The van der Waals surface area contributed by atoms with Crippen LogP contribution in [0.4, 0.5) is 0 Å². The molecule has 0 unspecified atom stereocenters. The average molecular weight is 779 g/mol. The number of fused-ring (bicyclic) bond motifs is 13. The highest BCUT2D eigenvalue weighted by molar-refractivity contribution is 6.21. The van der Waals surface area contributed by atoms with Crippen LogP contribution in [0.2, 0.25) is 0 Å². The molecule has 0 saturated carbocycles. The summed E-state index contributed by atoms with van der Waals surface area (Å²) < 4.78 is 6.30. The topological polar surface area (TPSA) is 13.1 Å². The molecular formula is C60H42O. The minimum absolute atomic E-state index is 0.140. The SMILES string of the molecule is CC1(C)c2ccc(-c3c4ccccc4c(-c4ccccc4)c4ccccc34)cc2-c2ccc(-c3ccc4c(c3)C(C)(C)c3ccc5cc6oc7ccccc7c6cc5c3-4)cc21. The van der Waals surface area contributed by atoms with Gasteiger partial charge in [-0.2, -0.15) is 0 Å². The second-order valence-electron chi connectivity index (χ2n) is 18.4. The van der Waals surface area contributed by atoms with Crippen LogP contribution in [-0.2, 0) is 10.8 Å². The fraction of sp³-hybridized carbons (Fsp3) is 0.100. The van der Waals surface area contributed by atoms with Crippen LogP contribution in [0.5, 0.6) is 0 Å². The van der Waals surface area contributed by atoms with E-state index in [1.54, 1.807) is 0 Å². The molecule has 13 rings (SSSR count). The zero-order valence-corrected chi connectivity index (χ0v) is 34.7. The van der Waals surface area contributed by atoms with E-state index in [1.807, 2.05) is 6.07 Å². The highest BCUT2D eigenvalue weighted by atomic mass is 16.3. The summed E-state index contributed by atoms with van der Waals surface area (Å²) in [6, 6.07) is 68.0. The summed E-state index contributed by atoms with van der Waals surface area (Å²) in [6.45, 7) is 9.57. The van der Waals surface area contributed by atoms with Gasteiger partial charge in [-0.15, -0.1) is 0 Å². The molecular weight excluding hydrogens is 737 g/mol. The third kappa shape index (κ3) is 4.72. The molecule has 0 amide bonds. The van der Waals surface area contributed by atoms with Gasteiger partial charge in [0.1, 0.15) is 11.2 Å². The quantitative estimate of drug-likeness (QED) is 0.163. The number of furan rings is 1. The monoisotopic (exact) mass is 778 g/mol. The Morgan fingerprint density at radius 2 is 0.836 bits per heavy atom. The van der Waals surface area contributed by atoms with Gasteiger partial charge in [0.15, 0.2) is 0 Å². The predicted molar refractivity (Wildman–Crippen MR) is 258 cm³/mol. The summed E-state index contributed by atoms with van der Waals surface area (Å²) in [7, 11) is 0. The van der Waals surface area contributed by atoms with Crippen molar-refractivity contribution in [1.82, 2.24) is 0 Å². The lowest BCUT2D eigenvalue weighted by molar-refractivity contribution is 0.660. The molecule has 2 aliphatic carbocycles. The van der Waals surface area contributed by atoms with Crippen molar-refractivity contribution in [2.45, 2.75) is 38.5 Å². The molecule has 1 aromatic heterocycles.